The third-order valence-electron chi connectivity index (χ3n) is 2.36. The first-order valence-corrected chi connectivity index (χ1v) is 6.06. The highest BCUT2D eigenvalue weighted by molar-refractivity contribution is 5.49. The number of furan rings is 1. The van der Waals surface area contributed by atoms with E-state index < -0.39 is 0 Å². The zero-order chi connectivity index (χ0) is 13.0. The highest BCUT2D eigenvalue weighted by Crippen LogP contribution is 2.22. The van der Waals surface area contributed by atoms with Crippen LogP contribution < -0.4 is 10.1 Å². The number of anilines is 1. The van der Waals surface area contributed by atoms with Crippen molar-refractivity contribution in [2.24, 2.45) is 0 Å². The fraction of sp³-hybridized carbons (Fsp3) is 0.357. The normalized spacial score (nSPS) is 10.7. The lowest BCUT2D eigenvalue weighted by atomic mass is 10.3. The molecular weight excluding hydrogens is 228 g/mol. The maximum absolute atomic E-state index is 5.68. The van der Waals surface area contributed by atoms with E-state index >= 15 is 0 Å². The second kappa shape index (κ2) is 5.58. The predicted octanol–water partition coefficient (Wildman–Crippen LogP) is 3.38. The number of aryl methyl sites for hydroxylation is 1. The molecule has 4 heteroatoms. The topological polar surface area (TPSA) is 47.3 Å². The van der Waals surface area contributed by atoms with Crippen LogP contribution in [0.2, 0.25) is 0 Å². The molecule has 0 spiro atoms. The van der Waals surface area contributed by atoms with Crippen LogP contribution in [0.4, 0.5) is 5.82 Å². The van der Waals surface area contributed by atoms with E-state index in [4.69, 9.17) is 9.15 Å². The molecule has 0 saturated heterocycles. The first-order chi connectivity index (χ1) is 8.65. The van der Waals surface area contributed by atoms with Crippen LogP contribution in [0.25, 0.3) is 0 Å². The van der Waals surface area contributed by atoms with Gasteiger partial charge in [0.2, 0.25) is 0 Å². The van der Waals surface area contributed by atoms with Gasteiger partial charge in [-0.15, -0.1) is 0 Å². The summed E-state index contributed by atoms with van der Waals surface area (Å²) in [6.45, 7) is 6.51. The van der Waals surface area contributed by atoms with Crippen molar-refractivity contribution >= 4 is 5.82 Å². The lowest BCUT2D eigenvalue weighted by Gasteiger charge is -2.13. The summed E-state index contributed by atoms with van der Waals surface area (Å²) in [6.07, 6.45) is 1.86. The Hall–Kier alpha value is -1.97. The molecule has 2 aromatic heterocycles. The van der Waals surface area contributed by atoms with E-state index in [0.717, 1.165) is 23.1 Å². The third-order valence-corrected chi connectivity index (χ3v) is 2.36. The van der Waals surface area contributed by atoms with Crippen molar-refractivity contribution in [3.8, 4) is 5.75 Å². The van der Waals surface area contributed by atoms with Crippen LogP contribution >= 0.6 is 0 Å². The van der Waals surface area contributed by atoms with Gasteiger partial charge in [-0.05, 0) is 45.0 Å². The van der Waals surface area contributed by atoms with Gasteiger partial charge in [0.15, 0.2) is 11.6 Å². The van der Waals surface area contributed by atoms with Crippen molar-refractivity contribution in [3.63, 3.8) is 0 Å². The number of hydrogen-bond donors (Lipinski definition) is 1. The summed E-state index contributed by atoms with van der Waals surface area (Å²) in [5.41, 5.74) is 0. The van der Waals surface area contributed by atoms with Gasteiger partial charge in [0, 0.05) is 6.20 Å². The standard InChI is InChI=1S/C14H18N2O2/c1-10(2)17-13-5-4-8-15-14(13)16-9-12-7-6-11(3)18-12/h4-8,10H,9H2,1-3H3,(H,15,16). The number of ether oxygens (including phenoxy) is 1. The first-order valence-electron chi connectivity index (χ1n) is 6.06. The molecule has 0 radical (unpaired) electrons. The molecule has 0 aliphatic heterocycles. The van der Waals surface area contributed by atoms with Crippen molar-refractivity contribution in [2.45, 2.75) is 33.4 Å². The second-order valence-electron chi connectivity index (χ2n) is 4.38. The molecular formula is C14H18N2O2. The van der Waals surface area contributed by atoms with E-state index in [0.29, 0.717) is 6.54 Å². The van der Waals surface area contributed by atoms with E-state index in [1.54, 1.807) is 6.20 Å². The molecule has 2 aromatic rings. The highest BCUT2D eigenvalue weighted by Gasteiger charge is 2.07. The Morgan fingerprint density at radius 3 is 2.83 bits per heavy atom. The monoisotopic (exact) mass is 246 g/mol. The van der Waals surface area contributed by atoms with Gasteiger partial charge < -0.3 is 14.5 Å². The van der Waals surface area contributed by atoms with Gasteiger partial charge in [-0.3, -0.25) is 0 Å². The van der Waals surface area contributed by atoms with E-state index in [2.05, 4.69) is 10.3 Å². The molecule has 4 nitrogen and oxygen atoms in total. The molecule has 0 unspecified atom stereocenters. The van der Waals surface area contributed by atoms with Gasteiger partial charge >= 0.3 is 0 Å². The lowest BCUT2D eigenvalue weighted by Crippen LogP contribution is -2.09. The summed E-state index contributed by atoms with van der Waals surface area (Å²) in [5.74, 6) is 3.29. The van der Waals surface area contributed by atoms with Crippen molar-refractivity contribution in [2.75, 3.05) is 5.32 Å². The van der Waals surface area contributed by atoms with Crippen molar-refractivity contribution in [1.29, 1.82) is 0 Å². The van der Waals surface area contributed by atoms with Crippen LogP contribution in [0.3, 0.4) is 0 Å². The first kappa shape index (κ1) is 12.5. The minimum absolute atomic E-state index is 0.126. The molecule has 1 N–H and O–H groups in total. The Kier molecular flexibility index (Phi) is 3.87. The zero-order valence-electron chi connectivity index (χ0n) is 10.9. The SMILES string of the molecule is Cc1ccc(CNc2ncccc2OC(C)C)o1. The third kappa shape index (κ3) is 3.26. The van der Waals surface area contributed by atoms with Gasteiger partial charge in [-0.2, -0.15) is 0 Å². The number of aromatic nitrogens is 1. The Morgan fingerprint density at radius 2 is 2.17 bits per heavy atom. The molecule has 96 valence electrons. The molecule has 0 saturated carbocycles. The van der Waals surface area contributed by atoms with E-state index in [1.807, 2.05) is 45.0 Å². The van der Waals surface area contributed by atoms with Gasteiger partial charge in [0.1, 0.15) is 11.5 Å². The van der Waals surface area contributed by atoms with Gasteiger partial charge in [-0.25, -0.2) is 4.98 Å². The summed E-state index contributed by atoms with van der Waals surface area (Å²) >= 11 is 0. The van der Waals surface area contributed by atoms with Crippen molar-refractivity contribution < 1.29 is 9.15 Å². The Labute approximate surface area is 107 Å². The summed E-state index contributed by atoms with van der Waals surface area (Å²) < 4.78 is 11.2. The number of nitrogens with one attached hydrogen (secondary N) is 1. The summed E-state index contributed by atoms with van der Waals surface area (Å²) in [4.78, 5) is 4.28. The van der Waals surface area contributed by atoms with Gasteiger partial charge in [-0.1, -0.05) is 0 Å². The largest absolute Gasteiger partial charge is 0.487 e. The van der Waals surface area contributed by atoms with Crippen molar-refractivity contribution in [3.05, 3.63) is 42.0 Å². The van der Waals surface area contributed by atoms with Crippen molar-refractivity contribution in [1.82, 2.24) is 4.98 Å². The van der Waals surface area contributed by atoms with E-state index in [-0.39, 0.29) is 6.10 Å². The van der Waals surface area contributed by atoms with Crippen LogP contribution in [0, 0.1) is 6.92 Å². The Balaban J connectivity index is 2.04. The molecule has 0 aliphatic carbocycles. The maximum Gasteiger partial charge on any atom is 0.169 e. The van der Waals surface area contributed by atoms with Crippen LogP contribution in [0.1, 0.15) is 25.4 Å². The average molecular weight is 246 g/mol. The van der Waals surface area contributed by atoms with Crippen LogP contribution in [-0.4, -0.2) is 11.1 Å². The minimum Gasteiger partial charge on any atom is -0.487 e. The summed E-state index contributed by atoms with van der Waals surface area (Å²) in [5, 5.41) is 3.22. The van der Waals surface area contributed by atoms with Crippen LogP contribution in [0.15, 0.2) is 34.9 Å². The molecule has 2 heterocycles. The lowest BCUT2D eigenvalue weighted by molar-refractivity contribution is 0.243. The van der Waals surface area contributed by atoms with E-state index in [1.165, 1.54) is 0 Å². The molecule has 0 bridgehead atoms. The predicted molar refractivity (Wildman–Crippen MR) is 70.8 cm³/mol. The molecule has 0 fully saturated rings. The highest BCUT2D eigenvalue weighted by atomic mass is 16.5. The van der Waals surface area contributed by atoms with Gasteiger partial charge in [0.25, 0.3) is 0 Å². The fourth-order valence-electron chi connectivity index (χ4n) is 1.62. The smallest absolute Gasteiger partial charge is 0.169 e. The molecule has 18 heavy (non-hydrogen) atoms. The molecule has 0 aromatic carbocycles. The molecule has 0 atom stereocenters. The number of pyridine rings is 1. The summed E-state index contributed by atoms with van der Waals surface area (Å²) in [7, 11) is 0. The minimum atomic E-state index is 0.126. The average Bonchev–Trinajstić information content (AvgIpc) is 2.73. The van der Waals surface area contributed by atoms with Gasteiger partial charge in [0.05, 0.1) is 12.6 Å². The van der Waals surface area contributed by atoms with E-state index in [9.17, 15) is 0 Å². The Morgan fingerprint density at radius 1 is 1.33 bits per heavy atom. The summed E-state index contributed by atoms with van der Waals surface area (Å²) in [6, 6.07) is 7.66. The zero-order valence-corrected chi connectivity index (χ0v) is 10.9. The maximum atomic E-state index is 5.68. The molecule has 2 rings (SSSR count). The number of rotatable bonds is 5. The Bertz CT molecular complexity index is 506. The number of nitrogens with zero attached hydrogens (tertiary/aromatic N) is 1. The quantitative estimate of drug-likeness (QED) is 0.878. The number of hydrogen-bond acceptors (Lipinski definition) is 4. The fourth-order valence-corrected chi connectivity index (χ4v) is 1.62. The molecule has 0 amide bonds. The van der Waals surface area contributed by atoms with Crippen LogP contribution in [-0.2, 0) is 6.54 Å². The second-order valence-corrected chi connectivity index (χ2v) is 4.38. The molecule has 0 aliphatic rings. The van der Waals surface area contributed by atoms with Crippen LogP contribution in [0.5, 0.6) is 5.75 Å².